The number of methoxy groups -OCH3 is 1. The van der Waals surface area contributed by atoms with E-state index in [0.717, 1.165) is 22.8 Å². The summed E-state index contributed by atoms with van der Waals surface area (Å²) in [6.45, 7) is 4.42. The lowest BCUT2D eigenvalue weighted by Gasteiger charge is -2.11. The molecule has 0 N–H and O–H groups in total. The second-order valence-corrected chi connectivity index (χ2v) is 6.36. The van der Waals surface area contributed by atoms with Crippen LogP contribution in [0.25, 0.3) is 0 Å². The molecule has 0 amide bonds. The van der Waals surface area contributed by atoms with Gasteiger partial charge in [-0.15, -0.1) is 0 Å². The summed E-state index contributed by atoms with van der Waals surface area (Å²) in [7, 11) is 1.63. The van der Waals surface area contributed by atoms with E-state index < -0.39 is 0 Å². The van der Waals surface area contributed by atoms with Gasteiger partial charge in [-0.1, -0.05) is 24.3 Å². The molecule has 0 heterocycles. The van der Waals surface area contributed by atoms with Crippen LogP contribution in [0.15, 0.2) is 95.7 Å². The molecule has 0 saturated heterocycles. The van der Waals surface area contributed by atoms with Gasteiger partial charge in [0.15, 0.2) is 0 Å². The molecule has 0 saturated carbocycles. The minimum absolute atomic E-state index is 0.434. The van der Waals surface area contributed by atoms with Gasteiger partial charge in [-0.2, -0.15) is 0 Å². The predicted molar refractivity (Wildman–Crippen MR) is 119 cm³/mol. The van der Waals surface area contributed by atoms with E-state index in [1.54, 1.807) is 13.4 Å². The first kappa shape index (κ1) is 21.0. The number of hydrogen-bond acceptors (Lipinski definition) is 5. The Labute approximate surface area is 177 Å². The Morgan fingerprint density at radius 2 is 1.53 bits per heavy atom. The first-order chi connectivity index (χ1) is 14.7. The minimum Gasteiger partial charge on any atom is -0.497 e. The largest absolute Gasteiger partial charge is 0.497 e. The van der Waals surface area contributed by atoms with Crippen molar-refractivity contribution in [1.82, 2.24) is 0 Å². The van der Waals surface area contributed by atoms with Gasteiger partial charge in [0.2, 0.25) is 5.90 Å². The van der Waals surface area contributed by atoms with Crippen molar-refractivity contribution in [2.24, 2.45) is 4.99 Å². The van der Waals surface area contributed by atoms with Gasteiger partial charge in [0, 0.05) is 11.6 Å². The SMILES string of the molecule is CCOc1cccc(O/C(=N/c2ccccc2)C(C)=COc2ccc(OC)cc2)c1. The molecule has 0 aliphatic heterocycles. The van der Waals surface area contributed by atoms with Gasteiger partial charge < -0.3 is 18.9 Å². The van der Waals surface area contributed by atoms with Crippen LogP contribution in [0.5, 0.6) is 23.0 Å². The van der Waals surface area contributed by atoms with Crippen molar-refractivity contribution in [3.63, 3.8) is 0 Å². The second kappa shape index (κ2) is 10.7. The molecule has 0 spiro atoms. The Kier molecular flexibility index (Phi) is 7.50. The fourth-order valence-corrected chi connectivity index (χ4v) is 2.58. The number of benzene rings is 3. The lowest BCUT2D eigenvalue weighted by molar-refractivity contribution is 0.339. The summed E-state index contributed by atoms with van der Waals surface area (Å²) < 4.78 is 22.6. The van der Waals surface area contributed by atoms with E-state index in [0.29, 0.717) is 24.0 Å². The molecule has 0 aliphatic rings. The molecule has 0 radical (unpaired) electrons. The van der Waals surface area contributed by atoms with Crippen LogP contribution < -0.4 is 18.9 Å². The average molecular weight is 403 g/mol. The summed E-state index contributed by atoms with van der Waals surface area (Å²) in [6, 6.07) is 24.5. The molecule has 30 heavy (non-hydrogen) atoms. The van der Waals surface area contributed by atoms with Crippen LogP contribution >= 0.6 is 0 Å². The smallest absolute Gasteiger partial charge is 0.225 e. The Morgan fingerprint density at radius 3 is 2.23 bits per heavy atom. The molecule has 5 nitrogen and oxygen atoms in total. The molecule has 3 aromatic carbocycles. The number of nitrogens with zero attached hydrogens (tertiary/aromatic N) is 1. The van der Waals surface area contributed by atoms with E-state index in [1.807, 2.05) is 92.7 Å². The third-order valence-corrected chi connectivity index (χ3v) is 4.09. The lowest BCUT2D eigenvalue weighted by Crippen LogP contribution is -2.11. The third-order valence-electron chi connectivity index (χ3n) is 4.09. The Morgan fingerprint density at radius 1 is 0.833 bits per heavy atom. The minimum atomic E-state index is 0.434. The van der Waals surface area contributed by atoms with E-state index >= 15 is 0 Å². The molecule has 0 bridgehead atoms. The first-order valence-corrected chi connectivity index (χ1v) is 9.70. The van der Waals surface area contributed by atoms with Gasteiger partial charge in [-0.3, -0.25) is 0 Å². The van der Waals surface area contributed by atoms with Crippen molar-refractivity contribution in [3.05, 3.63) is 90.7 Å². The van der Waals surface area contributed by atoms with Crippen LogP contribution in [-0.4, -0.2) is 19.6 Å². The van der Waals surface area contributed by atoms with Crippen molar-refractivity contribution < 1.29 is 18.9 Å². The van der Waals surface area contributed by atoms with E-state index in [9.17, 15) is 0 Å². The topological polar surface area (TPSA) is 49.3 Å². The molecule has 5 heteroatoms. The van der Waals surface area contributed by atoms with Crippen LogP contribution in [0.2, 0.25) is 0 Å². The monoisotopic (exact) mass is 403 g/mol. The van der Waals surface area contributed by atoms with Gasteiger partial charge in [0.05, 0.1) is 25.7 Å². The summed E-state index contributed by atoms with van der Waals surface area (Å²) in [5, 5.41) is 0. The van der Waals surface area contributed by atoms with Crippen molar-refractivity contribution in [3.8, 4) is 23.0 Å². The van der Waals surface area contributed by atoms with Crippen molar-refractivity contribution >= 4 is 11.6 Å². The van der Waals surface area contributed by atoms with Crippen molar-refractivity contribution in [2.45, 2.75) is 13.8 Å². The highest BCUT2D eigenvalue weighted by Gasteiger charge is 2.09. The van der Waals surface area contributed by atoms with Crippen molar-refractivity contribution in [2.75, 3.05) is 13.7 Å². The molecule has 0 unspecified atom stereocenters. The fourth-order valence-electron chi connectivity index (χ4n) is 2.58. The maximum absolute atomic E-state index is 6.09. The Hall–Kier alpha value is -3.73. The molecular formula is C25H25NO4. The molecule has 154 valence electrons. The van der Waals surface area contributed by atoms with Gasteiger partial charge >= 0.3 is 0 Å². The van der Waals surface area contributed by atoms with Crippen LogP contribution in [-0.2, 0) is 0 Å². The van der Waals surface area contributed by atoms with Gasteiger partial charge in [0.25, 0.3) is 0 Å². The van der Waals surface area contributed by atoms with Crippen LogP contribution in [0.1, 0.15) is 13.8 Å². The molecule has 3 rings (SSSR count). The van der Waals surface area contributed by atoms with Gasteiger partial charge in [0.1, 0.15) is 23.0 Å². The standard InChI is InChI=1S/C25H25NO4/c1-4-28-23-11-8-12-24(17-23)30-25(26-20-9-6-5-7-10-20)19(2)18-29-22-15-13-21(27-3)14-16-22/h5-18H,4H2,1-3H3/b19-18?,26-25+. The quantitative estimate of drug-likeness (QED) is 0.256. The average Bonchev–Trinajstić information content (AvgIpc) is 2.78. The molecule has 0 atom stereocenters. The van der Waals surface area contributed by atoms with Gasteiger partial charge in [-0.05, 0) is 62.4 Å². The molecule has 0 fully saturated rings. The van der Waals surface area contributed by atoms with E-state index in [4.69, 9.17) is 18.9 Å². The van der Waals surface area contributed by atoms with Crippen LogP contribution in [0.3, 0.4) is 0 Å². The summed E-state index contributed by atoms with van der Waals surface area (Å²) in [5.74, 6) is 3.26. The maximum atomic E-state index is 6.09. The highest BCUT2D eigenvalue weighted by molar-refractivity contribution is 5.96. The zero-order valence-electron chi connectivity index (χ0n) is 17.4. The maximum Gasteiger partial charge on any atom is 0.225 e. The third kappa shape index (κ3) is 6.14. The Bertz CT molecular complexity index is 995. The summed E-state index contributed by atoms with van der Waals surface area (Å²) in [4.78, 5) is 4.65. The lowest BCUT2D eigenvalue weighted by atomic mass is 10.3. The summed E-state index contributed by atoms with van der Waals surface area (Å²) in [5.41, 5.74) is 1.52. The van der Waals surface area contributed by atoms with Gasteiger partial charge in [-0.25, -0.2) is 4.99 Å². The predicted octanol–water partition coefficient (Wildman–Crippen LogP) is 6.19. The van der Waals surface area contributed by atoms with E-state index in [1.165, 1.54) is 0 Å². The zero-order chi connectivity index (χ0) is 21.2. The van der Waals surface area contributed by atoms with Crippen molar-refractivity contribution in [1.29, 1.82) is 0 Å². The normalized spacial score (nSPS) is 11.7. The first-order valence-electron chi connectivity index (χ1n) is 9.70. The summed E-state index contributed by atoms with van der Waals surface area (Å²) >= 11 is 0. The number of para-hydroxylation sites is 1. The number of ether oxygens (including phenoxy) is 4. The number of aliphatic imine (C=N–C) groups is 1. The number of rotatable bonds is 8. The molecule has 3 aromatic rings. The Balaban J connectivity index is 1.84. The fraction of sp³-hybridized carbons (Fsp3) is 0.160. The van der Waals surface area contributed by atoms with E-state index in [2.05, 4.69) is 4.99 Å². The highest BCUT2D eigenvalue weighted by atomic mass is 16.5. The van der Waals surface area contributed by atoms with E-state index in [-0.39, 0.29) is 0 Å². The summed E-state index contributed by atoms with van der Waals surface area (Å²) in [6.07, 6.45) is 1.62. The second-order valence-electron chi connectivity index (χ2n) is 6.36. The number of hydrogen-bond donors (Lipinski definition) is 0. The van der Waals surface area contributed by atoms with Crippen LogP contribution in [0, 0.1) is 0 Å². The highest BCUT2D eigenvalue weighted by Crippen LogP contribution is 2.23. The molecule has 0 aromatic heterocycles. The zero-order valence-corrected chi connectivity index (χ0v) is 17.4. The van der Waals surface area contributed by atoms with Crippen LogP contribution in [0.4, 0.5) is 5.69 Å². The molecular weight excluding hydrogens is 378 g/mol. The molecule has 0 aliphatic carbocycles.